The third kappa shape index (κ3) is 2.21. The second-order valence-electron chi connectivity index (χ2n) is 5.55. The highest BCUT2D eigenvalue weighted by molar-refractivity contribution is 7.20. The molecule has 1 aliphatic rings. The number of nitriles is 1. The number of carbonyl (C=O) groups is 1. The van der Waals surface area contributed by atoms with Crippen molar-refractivity contribution < 1.29 is 9.90 Å². The largest absolute Gasteiger partial charge is 0.477 e. The molecule has 0 bridgehead atoms. The Morgan fingerprint density at radius 2 is 2.33 bits per heavy atom. The highest BCUT2D eigenvalue weighted by Crippen LogP contribution is 2.49. The van der Waals surface area contributed by atoms with Crippen molar-refractivity contribution in [3.05, 3.63) is 27.1 Å². The van der Waals surface area contributed by atoms with Crippen molar-refractivity contribution in [3.63, 3.8) is 0 Å². The smallest absolute Gasteiger partial charge is 0.346 e. The van der Waals surface area contributed by atoms with Gasteiger partial charge in [0, 0.05) is 18.4 Å². The zero-order valence-electron chi connectivity index (χ0n) is 11.4. The topological polar surface area (TPSA) is 96.0 Å². The van der Waals surface area contributed by atoms with Gasteiger partial charge in [0.25, 0.3) is 5.56 Å². The van der Waals surface area contributed by atoms with Gasteiger partial charge in [0.05, 0.1) is 17.8 Å². The molecule has 0 spiro atoms. The standard InChI is InChI=1S/C14H13N3O3S/c1-8-9-11(21-10(8)13(19)20)16-7-17(12(9)18)6-14(2-3-14)4-5-15/h7H,2-4,6H2,1H3,(H,19,20). The number of carboxylic acid groups (broad SMARTS) is 1. The molecule has 2 heterocycles. The highest BCUT2D eigenvalue weighted by Gasteiger charge is 2.43. The van der Waals surface area contributed by atoms with Gasteiger partial charge in [-0.1, -0.05) is 0 Å². The molecule has 0 amide bonds. The van der Waals surface area contributed by atoms with E-state index in [2.05, 4.69) is 11.1 Å². The third-order valence-electron chi connectivity index (χ3n) is 4.03. The Kier molecular flexibility index (Phi) is 3.06. The lowest BCUT2D eigenvalue weighted by Crippen LogP contribution is -2.25. The molecule has 1 aliphatic carbocycles. The van der Waals surface area contributed by atoms with E-state index in [1.807, 2.05) is 0 Å². The van der Waals surface area contributed by atoms with Crippen LogP contribution in [0.25, 0.3) is 10.2 Å². The first-order valence-corrected chi connectivity index (χ1v) is 7.38. The van der Waals surface area contributed by atoms with Crippen molar-refractivity contribution in [2.24, 2.45) is 5.41 Å². The summed E-state index contributed by atoms with van der Waals surface area (Å²) in [5.41, 5.74) is 0.151. The molecule has 0 unspecified atom stereocenters. The van der Waals surface area contributed by atoms with Crippen LogP contribution in [0.2, 0.25) is 0 Å². The lowest BCUT2D eigenvalue weighted by Gasteiger charge is -2.12. The molecule has 2 aromatic rings. The van der Waals surface area contributed by atoms with Gasteiger partial charge < -0.3 is 5.11 Å². The summed E-state index contributed by atoms with van der Waals surface area (Å²) in [4.78, 5) is 28.5. The van der Waals surface area contributed by atoms with Gasteiger partial charge in [-0.15, -0.1) is 11.3 Å². The van der Waals surface area contributed by atoms with Gasteiger partial charge in [-0.05, 0) is 25.3 Å². The fourth-order valence-electron chi connectivity index (χ4n) is 2.57. The number of aryl methyl sites for hydroxylation is 1. The maximum absolute atomic E-state index is 12.5. The molecular formula is C14H13N3O3S. The molecule has 0 atom stereocenters. The van der Waals surface area contributed by atoms with E-state index in [-0.39, 0.29) is 15.9 Å². The predicted molar refractivity (Wildman–Crippen MR) is 77.5 cm³/mol. The van der Waals surface area contributed by atoms with Crippen LogP contribution in [0, 0.1) is 23.7 Å². The van der Waals surface area contributed by atoms with Crippen LogP contribution < -0.4 is 5.56 Å². The van der Waals surface area contributed by atoms with Crippen molar-refractivity contribution in [1.82, 2.24) is 9.55 Å². The summed E-state index contributed by atoms with van der Waals surface area (Å²) in [6.45, 7) is 2.11. The molecule has 2 aromatic heterocycles. The van der Waals surface area contributed by atoms with Gasteiger partial charge in [-0.2, -0.15) is 5.26 Å². The number of hydrogen-bond donors (Lipinski definition) is 1. The average Bonchev–Trinajstić information content (AvgIpc) is 3.09. The molecule has 0 aliphatic heterocycles. The van der Waals surface area contributed by atoms with E-state index in [1.54, 1.807) is 6.92 Å². The van der Waals surface area contributed by atoms with E-state index in [1.165, 1.54) is 10.9 Å². The van der Waals surface area contributed by atoms with Gasteiger partial charge in [0.15, 0.2) is 0 Å². The Bertz CT molecular complexity index is 839. The van der Waals surface area contributed by atoms with Crippen molar-refractivity contribution in [2.75, 3.05) is 0 Å². The van der Waals surface area contributed by atoms with Crippen LogP contribution in [0.4, 0.5) is 0 Å². The molecule has 0 aromatic carbocycles. The van der Waals surface area contributed by atoms with Gasteiger partial charge in [0.2, 0.25) is 0 Å². The maximum atomic E-state index is 12.5. The van der Waals surface area contributed by atoms with Crippen molar-refractivity contribution in [3.8, 4) is 6.07 Å². The molecule has 7 heteroatoms. The molecule has 1 saturated carbocycles. The van der Waals surface area contributed by atoms with E-state index in [0.29, 0.717) is 28.7 Å². The summed E-state index contributed by atoms with van der Waals surface area (Å²) in [6, 6.07) is 2.17. The molecular weight excluding hydrogens is 290 g/mol. The van der Waals surface area contributed by atoms with Gasteiger partial charge >= 0.3 is 5.97 Å². The SMILES string of the molecule is Cc1c(C(=O)O)sc2ncn(CC3(CC#N)CC3)c(=O)c12. The lowest BCUT2D eigenvalue weighted by molar-refractivity contribution is 0.0701. The summed E-state index contributed by atoms with van der Waals surface area (Å²) in [7, 11) is 0. The van der Waals surface area contributed by atoms with Crippen LogP contribution in [-0.4, -0.2) is 20.6 Å². The Labute approximate surface area is 124 Å². The summed E-state index contributed by atoms with van der Waals surface area (Å²) in [5, 5.41) is 18.4. The monoisotopic (exact) mass is 303 g/mol. The first kappa shape index (κ1) is 13.8. The minimum absolute atomic E-state index is 0.104. The number of aromatic nitrogens is 2. The number of nitrogens with zero attached hydrogens (tertiary/aromatic N) is 3. The van der Waals surface area contributed by atoms with Crippen LogP contribution in [0.5, 0.6) is 0 Å². The summed E-state index contributed by atoms with van der Waals surface area (Å²) in [6.07, 6.45) is 3.77. The molecule has 21 heavy (non-hydrogen) atoms. The Morgan fingerprint density at radius 3 is 2.90 bits per heavy atom. The molecule has 108 valence electrons. The van der Waals surface area contributed by atoms with E-state index in [9.17, 15) is 9.59 Å². The van der Waals surface area contributed by atoms with Crippen molar-refractivity contribution in [1.29, 1.82) is 5.26 Å². The Balaban J connectivity index is 2.09. The first-order valence-electron chi connectivity index (χ1n) is 6.56. The van der Waals surface area contributed by atoms with Crippen LogP contribution >= 0.6 is 11.3 Å². The van der Waals surface area contributed by atoms with Crippen molar-refractivity contribution >= 4 is 27.5 Å². The number of thiophene rings is 1. The second kappa shape index (κ2) is 4.67. The highest BCUT2D eigenvalue weighted by atomic mass is 32.1. The lowest BCUT2D eigenvalue weighted by atomic mass is 10.0. The summed E-state index contributed by atoms with van der Waals surface area (Å²) >= 11 is 1.02. The Hall–Kier alpha value is -2.20. The zero-order chi connectivity index (χ0) is 15.2. The number of fused-ring (bicyclic) bond motifs is 1. The van der Waals surface area contributed by atoms with Crippen molar-refractivity contribution in [2.45, 2.75) is 32.7 Å². The number of aromatic carboxylic acids is 1. The maximum Gasteiger partial charge on any atom is 0.346 e. The minimum atomic E-state index is -1.04. The molecule has 3 rings (SSSR count). The predicted octanol–water partition coefficient (Wildman–Crippen LogP) is 2.16. The van der Waals surface area contributed by atoms with E-state index in [0.717, 1.165) is 24.2 Å². The van der Waals surface area contributed by atoms with Crippen LogP contribution in [-0.2, 0) is 6.54 Å². The number of hydrogen-bond acceptors (Lipinski definition) is 5. The molecule has 1 fully saturated rings. The van der Waals surface area contributed by atoms with Gasteiger partial charge in [-0.25, -0.2) is 9.78 Å². The normalized spacial score (nSPS) is 15.8. The fraction of sp³-hybridized carbons (Fsp3) is 0.429. The minimum Gasteiger partial charge on any atom is -0.477 e. The molecule has 6 nitrogen and oxygen atoms in total. The quantitative estimate of drug-likeness (QED) is 0.933. The van der Waals surface area contributed by atoms with Crippen LogP contribution in [0.1, 0.15) is 34.5 Å². The van der Waals surface area contributed by atoms with E-state index >= 15 is 0 Å². The summed E-state index contributed by atoms with van der Waals surface area (Å²) < 4.78 is 1.51. The van der Waals surface area contributed by atoms with Crippen LogP contribution in [0.15, 0.2) is 11.1 Å². The average molecular weight is 303 g/mol. The van der Waals surface area contributed by atoms with E-state index in [4.69, 9.17) is 10.4 Å². The van der Waals surface area contributed by atoms with Crippen LogP contribution in [0.3, 0.4) is 0 Å². The number of carboxylic acids is 1. The Morgan fingerprint density at radius 1 is 1.62 bits per heavy atom. The fourth-order valence-corrected chi connectivity index (χ4v) is 3.55. The summed E-state index contributed by atoms with van der Waals surface area (Å²) in [5.74, 6) is -1.04. The van der Waals surface area contributed by atoms with Gasteiger partial charge in [-0.3, -0.25) is 9.36 Å². The second-order valence-corrected chi connectivity index (χ2v) is 6.55. The number of rotatable bonds is 4. The molecule has 0 saturated heterocycles. The third-order valence-corrected chi connectivity index (χ3v) is 5.22. The molecule has 0 radical (unpaired) electrons. The van der Waals surface area contributed by atoms with E-state index < -0.39 is 5.97 Å². The zero-order valence-corrected chi connectivity index (χ0v) is 12.2. The first-order chi connectivity index (χ1) is 9.97. The molecule has 1 N–H and O–H groups in total. The van der Waals surface area contributed by atoms with Gasteiger partial charge in [0.1, 0.15) is 9.71 Å².